The summed E-state index contributed by atoms with van der Waals surface area (Å²) in [7, 11) is 1.32. The van der Waals surface area contributed by atoms with E-state index in [4.69, 9.17) is 10.5 Å². The van der Waals surface area contributed by atoms with Gasteiger partial charge in [0.2, 0.25) is 11.8 Å². The van der Waals surface area contributed by atoms with E-state index in [0.717, 1.165) is 17.0 Å². The van der Waals surface area contributed by atoms with Crippen molar-refractivity contribution < 1.29 is 32.7 Å². The number of carbonyl (C=O) groups is 4. The number of fused-ring (bicyclic) bond motifs is 3. The van der Waals surface area contributed by atoms with Crippen LogP contribution < -0.4 is 16.0 Å². The number of nitrogens with two attached hydrogens (primary N) is 1. The second kappa shape index (κ2) is 10.9. The summed E-state index contributed by atoms with van der Waals surface area (Å²) in [4.78, 5) is 54.1. The van der Waals surface area contributed by atoms with E-state index in [-0.39, 0.29) is 23.5 Å². The third-order valence-corrected chi connectivity index (χ3v) is 6.19. The number of imide groups is 1. The number of rotatable bonds is 7. The van der Waals surface area contributed by atoms with Gasteiger partial charge >= 0.3 is 0 Å². The lowest BCUT2D eigenvalue weighted by molar-refractivity contribution is -0.134. The largest absolute Gasteiger partial charge is 0.398 e. The molecule has 4 rings (SSSR count). The van der Waals surface area contributed by atoms with Crippen molar-refractivity contribution in [2.75, 3.05) is 24.4 Å². The Morgan fingerprint density at radius 1 is 1.05 bits per heavy atom. The van der Waals surface area contributed by atoms with Crippen LogP contribution in [-0.2, 0) is 30.3 Å². The number of hydrogen-bond donors (Lipinski definition) is 2. The van der Waals surface area contributed by atoms with Crippen LogP contribution in [0.1, 0.15) is 24.0 Å². The molecular weight excluding hydrogens is 496 g/mol. The van der Waals surface area contributed by atoms with Gasteiger partial charge in [0.15, 0.2) is 5.78 Å². The fourth-order valence-electron chi connectivity index (χ4n) is 4.60. The number of carbonyl (C=O) groups excluding carboxylic acids is 4. The minimum atomic E-state index is -1.36. The van der Waals surface area contributed by atoms with Gasteiger partial charge in [0, 0.05) is 24.4 Å². The maximum absolute atomic E-state index is 13.9. The molecule has 0 saturated carbocycles. The van der Waals surface area contributed by atoms with Crippen LogP contribution in [0.4, 0.5) is 20.2 Å². The van der Waals surface area contributed by atoms with Crippen molar-refractivity contribution in [3.63, 3.8) is 0 Å². The number of Topliss-reactive ketones (excluding diaryl/α,β-unsaturated/α-hetero) is 1. The van der Waals surface area contributed by atoms with Crippen molar-refractivity contribution in [2.24, 2.45) is 0 Å². The highest BCUT2D eigenvalue weighted by atomic mass is 19.1. The second-order valence-electron chi connectivity index (χ2n) is 8.92. The summed E-state index contributed by atoms with van der Waals surface area (Å²) in [6.07, 6.45) is -0.399. The molecule has 0 aliphatic carbocycles. The zero-order valence-electron chi connectivity index (χ0n) is 20.7. The van der Waals surface area contributed by atoms with Gasteiger partial charge in [0.05, 0.1) is 12.1 Å². The molecule has 1 aliphatic rings. The van der Waals surface area contributed by atoms with Crippen LogP contribution in [0, 0.1) is 11.6 Å². The fourth-order valence-corrected chi connectivity index (χ4v) is 4.60. The van der Waals surface area contributed by atoms with Crippen molar-refractivity contribution in [3.8, 4) is 11.1 Å². The first-order chi connectivity index (χ1) is 18.1. The number of halogens is 2. The number of hydrogen-bond acceptors (Lipinski definition) is 6. The highest BCUT2D eigenvalue weighted by molar-refractivity contribution is 6.27. The molecule has 10 heteroatoms. The summed E-state index contributed by atoms with van der Waals surface area (Å²) in [5.74, 6) is -5.92. The molecule has 3 aromatic carbocycles. The number of benzene rings is 3. The first kappa shape index (κ1) is 26.6. The van der Waals surface area contributed by atoms with Gasteiger partial charge in [-0.05, 0) is 47.9 Å². The fraction of sp³-hybridized carbons (Fsp3) is 0.214. The van der Waals surface area contributed by atoms with Crippen molar-refractivity contribution in [3.05, 3.63) is 83.4 Å². The van der Waals surface area contributed by atoms with Gasteiger partial charge in [0.25, 0.3) is 5.91 Å². The lowest BCUT2D eigenvalue weighted by Gasteiger charge is -2.27. The summed E-state index contributed by atoms with van der Waals surface area (Å²) in [5, 5.41) is 2.47. The highest BCUT2D eigenvalue weighted by Crippen LogP contribution is 2.44. The van der Waals surface area contributed by atoms with Gasteiger partial charge in [-0.1, -0.05) is 30.3 Å². The number of nitrogen functional groups attached to an aromatic ring is 1. The van der Waals surface area contributed by atoms with Gasteiger partial charge < -0.3 is 15.8 Å². The van der Waals surface area contributed by atoms with Crippen LogP contribution in [-0.4, -0.2) is 43.3 Å². The molecule has 196 valence electrons. The molecule has 38 heavy (non-hydrogen) atoms. The summed E-state index contributed by atoms with van der Waals surface area (Å²) in [6, 6.07) is 12.9. The molecule has 1 aliphatic heterocycles. The Bertz CT molecular complexity index is 1420. The third kappa shape index (κ3) is 5.16. The zero-order valence-corrected chi connectivity index (χ0v) is 20.7. The normalized spacial score (nSPS) is 15.2. The first-order valence-electron chi connectivity index (χ1n) is 11.7. The Kier molecular flexibility index (Phi) is 7.63. The molecule has 2 atom stereocenters. The summed E-state index contributed by atoms with van der Waals surface area (Å²) in [6.45, 7) is 1.00. The number of amides is 3. The zero-order chi connectivity index (χ0) is 27.6. The van der Waals surface area contributed by atoms with E-state index in [9.17, 15) is 28.0 Å². The van der Waals surface area contributed by atoms with Crippen LogP contribution in [0.25, 0.3) is 11.1 Å². The van der Waals surface area contributed by atoms with E-state index in [2.05, 4.69) is 5.32 Å². The van der Waals surface area contributed by atoms with Crippen molar-refractivity contribution in [1.29, 1.82) is 0 Å². The Morgan fingerprint density at radius 2 is 1.74 bits per heavy atom. The van der Waals surface area contributed by atoms with E-state index in [0.29, 0.717) is 22.8 Å². The molecule has 0 fully saturated rings. The van der Waals surface area contributed by atoms with Gasteiger partial charge in [-0.3, -0.25) is 19.2 Å². The van der Waals surface area contributed by atoms with E-state index < -0.39 is 53.5 Å². The average Bonchev–Trinajstić information content (AvgIpc) is 2.95. The van der Waals surface area contributed by atoms with E-state index in [1.165, 1.54) is 20.1 Å². The molecule has 3 aromatic rings. The number of methoxy groups -OCH3 is 1. The van der Waals surface area contributed by atoms with Crippen LogP contribution in [0.5, 0.6) is 0 Å². The lowest BCUT2D eigenvalue weighted by atomic mass is 9.88. The first-order valence-corrected chi connectivity index (χ1v) is 11.7. The summed E-state index contributed by atoms with van der Waals surface area (Å²) >= 11 is 0. The van der Waals surface area contributed by atoms with Gasteiger partial charge in [-0.25, -0.2) is 13.7 Å². The van der Waals surface area contributed by atoms with Crippen LogP contribution >= 0.6 is 0 Å². The van der Waals surface area contributed by atoms with E-state index >= 15 is 0 Å². The van der Waals surface area contributed by atoms with Crippen molar-refractivity contribution in [2.45, 2.75) is 25.3 Å². The minimum Gasteiger partial charge on any atom is -0.398 e. The summed E-state index contributed by atoms with van der Waals surface area (Å²) in [5.41, 5.74) is 8.09. The standard InChI is InChI=1S/C28H25F2N3O5/c1-15(32-24(35)12-16-10-17(29)13-18(30)11-16)27(36)33-22-9-5-8-21(31)25(22)19-6-3-4-7-20(19)26(28(33)37)23(34)14-38-2/h3-11,13,15,26H,12,14,31H2,1-2H3,(H,32,35)/t15-,26?/m0/s1. The molecular formula is C28H25F2N3O5. The molecule has 0 aromatic heterocycles. The van der Waals surface area contributed by atoms with Crippen molar-refractivity contribution in [1.82, 2.24) is 5.32 Å². The quantitative estimate of drug-likeness (QED) is 0.364. The Labute approximate surface area is 217 Å². The van der Waals surface area contributed by atoms with Crippen LogP contribution in [0.3, 0.4) is 0 Å². The Balaban J connectivity index is 1.71. The monoisotopic (exact) mass is 521 g/mol. The molecule has 8 nitrogen and oxygen atoms in total. The molecule has 3 N–H and O–H groups in total. The highest BCUT2D eigenvalue weighted by Gasteiger charge is 2.42. The molecule has 0 spiro atoms. The molecule has 0 radical (unpaired) electrons. The molecule has 0 bridgehead atoms. The number of ketones is 1. The minimum absolute atomic E-state index is 0.0734. The average molecular weight is 522 g/mol. The van der Waals surface area contributed by atoms with E-state index in [1.807, 2.05) is 0 Å². The number of anilines is 2. The van der Waals surface area contributed by atoms with Gasteiger partial charge in [-0.2, -0.15) is 0 Å². The number of ether oxygens (including phenoxy) is 1. The van der Waals surface area contributed by atoms with Crippen LogP contribution in [0.2, 0.25) is 0 Å². The third-order valence-electron chi connectivity index (χ3n) is 6.19. The van der Waals surface area contributed by atoms with Crippen LogP contribution in [0.15, 0.2) is 60.7 Å². The van der Waals surface area contributed by atoms with Crippen molar-refractivity contribution >= 4 is 34.9 Å². The molecule has 0 saturated heterocycles. The Hall–Kier alpha value is -4.44. The predicted octanol–water partition coefficient (Wildman–Crippen LogP) is 3.13. The smallest absolute Gasteiger partial charge is 0.256 e. The second-order valence-corrected chi connectivity index (χ2v) is 8.92. The Morgan fingerprint density at radius 3 is 2.42 bits per heavy atom. The summed E-state index contributed by atoms with van der Waals surface area (Å²) < 4.78 is 32.0. The number of nitrogens with zero attached hydrogens (tertiary/aromatic N) is 1. The maximum Gasteiger partial charge on any atom is 0.256 e. The van der Waals surface area contributed by atoms with Gasteiger partial charge in [-0.15, -0.1) is 0 Å². The molecule has 3 amide bonds. The predicted molar refractivity (Wildman–Crippen MR) is 136 cm³/mol. The van der Waals surface area contributed by atoms with Gasteiger partial charge in [0.1, 0.15) is 30.2 Å². The molecule has 1 heterocycles. The maximum atomic E-state index is 13.9. The lowest BCUT2D eigenvalue weighted by Crippen LogP contribution is -2.51. The SMILES string of the molecule is COCC(=O)C1C(=O)N(C(=O)[C@H](C)NC(=O)Cc2cc(F)cc(F)c2)c2cccc(N)c2-c2ccccc21. The molecule has 1 unspecified atom stereocenters. The number of nitrogens with one attached hydrogen (secondary N) is 1. The van der Waals surface area contributed by atoms with E-state index in [1.54, 1.807) is 36.4 Å². The topological polar surface area (TPSA) is 119 Å².